The lowest BCUT2D eigenvalue weighted by molar-refractivity contribution is -0.139. The molecule has 0 saturated carbocycles. The van der Waals surface area contributed by atoms with E-state index < -0.39 is 23.1 Å². The smallest absolute Gasteiger partial charge is 0.340 e. The van der Waals surface area contributed by atoms with E-state index in [0.29, 0.717) is 5.56 Å². The van der Waals surface area contributed by atoms with Crippen LogP contribution in [0.5, 0.6) is 5.88 Å². The van der Waals surface area contributed by atoms with Gasteiger partial charge in [0.1, 0.15) is 5.57 Å². The maximum Gasteiger partial charge on any atom is 0.340 e. The number of ether oxygens (including phenoxy) is 2. The Morgan fingerprint density at radius 1 is 1.21 bits per heavy atom. The molecule has 9 heteroatoms. The average Bonchev–Trinajstić information content (AvgIpc) is 2.70. The second kappa shape index (κ2) is 7.59. The molecule has 0 spiro atoms. The van der Waals surface area contributed by atoms with Gasteiger partial charge < -0.3 is 15.2 Å². The molecule has 0 saturated heterocycles. The largest absolute Gasteiger partial charge is 0.462 e. The predicted molar refractivity (Wildman–Crippen MR) is 105 cm³/mol. The minimum atomic E-state index is -0.816. The van der Waals surface area contributed by atoms with Gasteiger partial charge in [0.15, 0.2) is 0 Å². The van der Waals surface area contributed by atoms with Crippen molar-refractivity contribution in [3.8, 4) is 5.88 Å². The molecule has 2 heterocycles. The quantitative estimate of drug-likeness (QED) is 0.601. The molecular weight excluding hydrogens is 382 g/mol. The third-order valence-corrected chi connectivity index (χ3v) is 5.38. The van der Waals surface area contributed by atoms with E-state index in [4.69, 9.17) is 15.2 Å². The second-order valence-corrected chi connectivity index (χ2v) is 7.11. The van der Waals surface area contributed by atoms with Gasteiger partial charge in [-0.1, -0.05) is 12.1 Å². The summed E-state index contributed by atoms with van der Waals surface area (Å²) in [6.45, 7) is 1.82. The number of hydrogen-bond acceptors (Lipinski definition) is 7. The lowest BCUT2D eigenvalue weighted by Crippen LogP contribution is -2.43. The third-order valence-electron chi connectivity index (χ3n) is 4.64. The summed E-state index contributed by atoms with van der Waals surface area (Å²) in [5, 5.41) is 0. The van der Waals surface area contributed by atoms with Crippen LogP contribution in [0.4, 0.5) is 0 Å². The summed E-state index contributed by atoms with van der Waals surface area (Å²) in [5.74, 6) is -1.64. The Morgan fingerprint density at radius 3 is 2.43 bits per heavy atom. The fourth-order valence-electron chi connectivity index (χ4n) is 3.22. The normalized spacial score (nSPS) is 15.8. The standard InChI is InChI=1S/C19H21N3O5S/c1-5-26-18(24)13-12(10-6-8-11(28-4)9-7-10)14-16(23)21(2)19(25)22(3)17(14)27-15(13)20/h6-9,12H,5,20H2,1-4H3/t12-/m0/s1. The van der Waals surface area contributed by atoms with Crippen LogP contribution >= 0.6 is 11.8 Å². The predicted octanol–water partition coefficient (Wildman–Crippen LogP) is 1.06. The molecule has 0 bridgehead atoms. The van der Waals surface area contributed by atoms with E-state index in [2.05, 4.69) is 0 Å². The SMILES string of the molecule is CCOC(=O)C1=C(N)Oc2c(c(=O)n(C)c(=O)n2C)[C@H]1c1ccc(SC)cc1. The van der Waals surface area contributed by atoms with Gasteiger partial charge in [0.2, 0.25) is 11.8 Å². The molecule has 1 aromatic heterocycles. The molecule has 0 radical (unpaired) electrons. The number of esters is 1. The first kappa shape index (κ1) is 19.8. The number of nitrogens with two attached hydrogens (primary N) is 1. The zero-order chi connectivity index (χ0) is 20.6. The van der Waals surface area contributed by atoms with E-state index in [-0.39, 0.29) is 29.5 Å². The number of hydrogen-bond donors (Lipinski definition) is 1. The minimum Gasteiger partial charge on any atom is -0.462 e. The Balaban J connectivity index is 2.34. The molecule has 0 fully saturated rings. The van der Waals surface area contributed by atoms with Gasteiger partial charge in [-0.25, -0.2) is 9.59 Å². The van der Waals surface area contributed by atoms with Crippen LogP contribution in [0.1, 0.15) is 24.0 Å². The average molecular weight is 403 g/mol. The van der Waals surface area contributed by atoms with Crippen molar-refractivity contribution in [3.05, 3.63) is 67.7 Å². The van der Waals surface area contributed by atoms with Gasteiger partial charge in [0.25, 0.3) is 5.56 Å². The molecular formula is C19H21N3O5S. The highest BCUT2D eigenvalue weighted by Gasteiger charge is 2.39. The fraction of sp³-hybridized carbons (Fsp3) is 0.316. The van der Waals surface area contributed by atoms with Crippen LogP contribution in [0.3, 0.4) is 0 Å². The summed E-state index contributed by atoms with van der Waals surface area (Å²) in [4.78, 5) is 39.0. The van der Waals surface area contributed by atoms with Crippen molar-refractivity contribution in [1.82, 2.24) is 9.13 Å². The third kappa shape index (κ3) is 3.11. The minimum absolute atomic E-state index is 0.0255. The summed E-state index contributed by atoms with van der Waals surface area (Å²) in [6, 6.07) is 7.42. The number of aromatic nitrogens is 2. The Bertz CT molecular complexity index is 1080. The highest BCUT2D eigenvalue weighted by atomic mass is 32.2. The summed E-state index contributed by atoms with van der Waals surface area (Å²) in [5.41, 5.74) is 5.83. The second-order valence-electron chi connectivity index (χ2n) is 6.23. The first-order valence-corrected chi connectivity index (χ1v) is 9.82. The van der Waals surface area contributed by atoms with E-state index in [0.717, 1.165) is 9.46 Å². The van der Waals surface area contributed by atoms with Crippen molar-refractivity contribution in [1.29, 1.82) is 0 Å². The monoisotopic (exact) mass is 403 g/mol. The molecule has 2 aromatic rings. The topological polar surface area (TPSA) is 106 Å². The summed E-state index contributed by atoms with van der Waals surface area (Å²) >= 11 is 1.57. The van der Waals surface area contributed by atoms with E-state index in [1.54, 1.807) is 18.7 Å². The lowest BCUT2D eigenvalue weighted by atomic mass is 9.84. The Kier molecular flexibility index (Phi) is 5.37. The van der Waals surface area contributed by atoms with Crippen LogP contribution in [-0.4, -0.2) is 28.0 Å². The molecule has 148 valence electrons. The maximum atomic E-state index is 13.0. The number of carbonyl (C=O) groups excluding carboxylic acids is 1. The van der Waals surface area contributed by atoms with Gasteiger partial charge in [-0.15, -0.1) is 11.8 Å². The van der Waals surface area contributed by atoms with Crippen LogP contribution in [0, 0.1) is 0 Å². The van der Waals surface area contributed by atoms with Gasteiger partial charge in [0, 0.05) is 19.0 Å². The molecule has 1 aliphatic rings. The molecule has 1 aromatic carbocycles. The van der Waals surface area contributed by atoms with Crippen molar-refractivity contribution in [2.24, 2.45) is 19.8 Å². The van der Waals surface area contributed by atoms with Crippen molar-refractivity contribution in [2.45, 2.75) is 17.7 Å². The van der Waals surface area contributed by atoms with E-state index >= 15 is 0 Å². The lowest BCUT2D eigenvalue weighted by Gasteiger charge is -2.29. The van der Waals surface area contributed by atoms with E-state index in [1.807, 2.05) is 30.5 Å². The van der Waals surface area contributed by atoms with Crippen LogP contribution in [0.2, 0.25) is 0 Å². The molecule has 0 unspecified atom stereocenters. The fourth-order valence-corrected chi connectivity index (χ4v) is 3.63. The zero-order valence-corrected chi connectivity index (χ0v) is 16.8. The Hall–Kier alpha value is -2.94. The highest BCUT2D eigenvalue weighted by Crippen LogP contribution is 2.40. The molecule has 2 N–H and O–H groups in total. The van der Waals surface area contributed by atoms with Crippen molar-refractivity contribution in [2.75, 3.05) is 12.9 Å². The first-order chi connectivity index (χ1) is 13.3. The van der Waals surface area contributed by atoms with Gasteiger partial charge in [-0.3, -0.25) is 13.9 Å². The van der Waals surface area contributed by atoms with Crippen LogP contribution in [-0.2, 0) is 23.6 Å². The number of fused-ring (bicyclic) bond motifs is 1. The van der Waals surface area contributed by atoms with Crippen molar-refractivity contribution >= 4 is 17.7 Å². The van der Waals surface area contributed by atoms with Crippen LogP contribution in [0.25, 0.3) is 0 Å². The summed E-state index contributed by atoms with van der Waals surface area (Å²) in [6.07, 6.45) is 1.95. The molecule has 8 nitrogen and oxygen atoms in total. The molecule has 28 heavy (non-hydrogen) atoms. The summed E-state index contributed by atoms with van der Waals surface area (Å²) < 4.78 is 12.9. The number of thioether (sulfide) groups is 1. The Morgan fingerprint density at radius 2 is 1.86 bits per heavy atom. The maximum absolute atomic E-state index is 13.0. The molecule has 0 aliphatic carbocycles. The van der Waals surface area contributed by atoms with Gasteiger partial charge in [-0.2, -0.15) is 0 Å². The number of benzene rings is 1. The Labute approximate surface area is 165 Å². The van der Waals surface area contributed by atoms with Gasteiger partial charge >= 0.3 is 11.7 Å². The highest BCUT2D eigenvalue weighted by molar-refractivity contribution is 7.98. The number of rotatable bonds is 4. The number of carbonyl (C=O) groups is 1. The van der Waals surface area contributed by atoms with E-state index in [1.165, 1.54) is 18.7 Å². The van der Waals surface area contributed by atoms with Gasteiger partial charge in [-0.05, 0) is 30.9 Å². The molecule has 0 amide bonds. The van der Waals surface area contributed by atoms with Crippen molar-refractivity contribution in [3.63, 3.8) is 0 Å². The summed E-state index contributed by atoms with van der Waals surface area (Å²) in [7, 11) is 2.86. The zero-order valence-electron chi connectivity index (χ0n) is 16.0. The van der Waals surface area contributed by atoms with Crippen LogP contribution in [0.15, 0.2) is 50.2 Å². The van der Waals surface area contributed by atoms with Crippen LogP contribution < -0.4 is 21.7 Å². The molecule has 1 aliphatic heterocycles. The molecule has 1 atom stereocenters. The van der Waals surface area contributed by atoms with Crippen molar-refractivity contribution < 1.29 is 14.3 Å². The number of nitrogens with zero attached hydrogens (tertiary/aromatic N) is 2. The van der Waals surface area contributed by atoms with Gasteiger partial charge in [0.05, 0.1) is 18.1 Å². The first-order valence-electron chi connectivity index (χ1n) is 8.60. The molecule has 3 rings (SSSR count). The van der Waals surface area contributed by atoms with E-state index in [9.17, 15) is 14.4 Å².